The number of carbonyl (C=O) groups is 2. The predicted octanol–water partition coefficient (Wildman–Crippen LogP) is 3.40. The van der Waals surface area contributed by atoms with Gasteiger partial charge in [-0.05, 0) is 43.7 Å². The molecule has 0 bridgehead atoms. The summed E-state index contributed by atoms with van der Waals surface area (Å²) in [5.41, 5.74) is 2.10. The normalized spacial score (nSPS) is 14.6. The molecule has 0 saturated heterocycles. The van der Waals surface area contributed by atoms with Crippen LogP contribution in [-0.4, -0.2) is 24.5 Å². The lowest BCUT2D eigenvalue weighted by Crippen LogP contribution is -2.49. The highest BCUT2D eigenvalue weighted by Crippen LogP contribution is 2.34. The maximum Gasteiger partial charge on any atom is 0.265 e. The van der Waals surface area contributed by atoms with Gasteiger partial charge in [-0.1, -0.05) is 29.8 Å². The number of ether oxygens (including phenoxy) is 1. The number of benzene rings is 2. The van der Waals surface area contributed by atoms with Crippen molar-refractivity contribution in [1.82, 2.24) is 0 Å². The summed E-state index contributed by atoms with van der Waals surface area (Å²) in [7, 11) is 0. The maximum absolute atomic E-state index is 12.6. The molecule has 0 spiro atoms. The lowest BCUT2D eigenvalue weighted by atomic mass is 10.1. The summed E-state index contributed by atoms with van der Waals surface area (Å²) in [6.45, 7) is 3.52. The van der Waals surface area contributed by atoms with Gasteiger partial charge in [-0.3, -0.25) is 14.5 Å². The lowest BCUT2D eigenvalue weighted by Gasteiger charge is -2.33. The predicted molar refractivity (Wildman–Crippen MR) is 93.7 cm³/mol. The van der Waals surface area contributed by atoms with Crippen LogP contribution in [0.15, 0.2) is 42.5 Å². The Bertz CT molecular complexity index is 807. The third-order valence-electron chi connectivity index (χ3n) is 3.89. The Morgan fingerprint density at radius 3 is 2.79 bits per heavy atom. The van der Waals surface area contributed by atoms with E-state index in [1.807, 2.05) is 25.1 Å². The Kier molecular flexibility index (Phi) is 4.44. The number of fused-ring (bicyclic) bond motifs is 1. The smallest absolute Gasteiger partial charge is 0.265 e. The van der Waals surface area contributed by atoms with Crippen LogP contribution in [0.1, 0.15) is 12.5 Å². The van der Waals surface area contributed by atoms with Gasteiger partial charge in [0.05, 0.1) is 16.4 Å². The molecule has 0 saturated carbocycles. The molecule has 2 aromatic carbocycles. The molecule has 0 aliphatic carbocycles. The molecule has 5 nitrogen and oxygen atoms in total. The highest BCUT2D eigenvalue weighted by atomic mass is 35.5. The van der Waals surface area contributed by atoms with E-state index < -0.39 is 6.04 Å². The summed E-state index contributed by atoms with van der Waals surface area (Å²) in [5, 5.41) is 3.21. The fraction of sp³-hybridized carbons (Fsp3) is 0.222. The first kappa shape index (κ1) is 16.3. The first-order valence-corrected chi connectivity index (χ1v) is 7.96. The number of nitrogens with zero attached hydrogens (tertiary/aromatic N) is 1. The average Bonchev–Trinajstić information content (AvgIpc) is 2.56. The van der Waals surface area contributed by atoms with Crippen molar-refractivity contribution in [1.29, 1.82) is 0 Å². The topological polar surface area (TPSA) is 58.6 Å². The van der Waals surface area contributed by atoms with Gasteiger partial charge < -0.3 is 10.1 Å². The SMILES string of the molecule is Cc1ccc2c(c1)N(C(C)C(=O)Nc1ccccc1Cl)C(=O)CO2. The van der Waals surface area contributed by atoms with Crippen molar-refractivity contribution in [3.63, 3.8) is 0 Å². The summed E-state index contributed by atoms with van der Waals surface area (Å²) >= 11 is 6.07. The molecule has 1 unspecified atom stereocenters. The van der Waals surface area contributed by atoms with Gasteiger partial charge in [0.1, 0.15) is 11.8 Å². The fourth-order valence-corrected chi connectivity index (χ4v) is 2.81. The Labute approximate surface area is 145 Å². The molecule has 6 heteroatoms. The largest absolute Gasteiger partial charge is 0.482 e. The van der Waals surface area contributed by atoms with Crippen molar-refractivity contribution < 1.29 is 14.3 Å². The molecule has 0 aromatic heterocycles. The van der Waals surface area contributed by atoms with Crippen molar-refractivity contribution in [2.75, 3.05) is 16.8 Å². The van der Waals surface area contributed by atoms with Gasteiger partial charge in [0.2, 0.25) is 5.91 Å². The van der Waals surface area contributed by atoms with E-state index in [4.69, 9.17) is 16.3 Å². The molecule has 0 fully saturated rings. The summed E-state index contributed by atoms with van der Waals surface area (Å²) in [6, 6.07) is 11.8. The average molecular weight is 345 g/mol. The van der Waals surface area contributed by atoms with Gasteiger partial charge in [-0.15, -0.1) is 0 Å². The second kappa shape index (κ2) is 6.53. The van der Waals surface area contributed by atoms with E-state index in [2.05, 4.69) is 5.32 Å². The van der Waals surface area contributed by atoms with Crippen molar-refractivity contribution in [2.24, 2.45) is 0 Å². The highest BCUT2D eigenvalue weighted by molar-refractivity contribution is 6.33. The molecule has 124 valence electrons. The van der Waals surface area contributed by atoms with Gasteiger partial charge in [-0.25, -0.2) is 0 Å². The molecular weight excluding hydrogens is 328 g/mol. The second-order valence-corrected chi connectivity index (χ2v) is 6.08. The molecule has 2 amide bonds. The summed E-state index contributed by atoms with van der Waals surface area (Å²) in [4.78, 5) is 26.4. The van der Waals surface area contributed by atoms with Crippen LogP contribution >= 0.6 is 11.6 Å². The number of hydrogen-bond acceptors (Lipinski definition) is 3. The van der Waals surface area contributed by atoms with Crippen molar-refractivity contribution >= 4 is 34.8 Å². The minimum absolute atomic E-state index is 0.0836. The summed E-state index contributed by atoms with van der Waals surface area (Å²) < 4.78 is 5.44. The standard InChI is InChI=1S/C18H17ClN2O3/c1-11-7-8-16-15(9-11)21(17(22)10-24-16)12(2)18(23)20-14-6-4-3-5-13(14)19/h3-9,12H,10H2,1-2H3,(H,20,23). The van der Waals surface area contributed by atoms with Crippen LogP contribution in [0, 0.1) is 6.92 Å². The Morgan fingerprint density at radius 2 is 2.04 bits per heavy atom. The van der Waals surface area contributed by atoms with E-state index in [9.17, 15) is 9.59 Å². The van der Waals surface area contributed by atoms with Gasteiger partial charge >= 0.3 is 0 Å². The summed E-state index contributed by atoms with van der Waals surface area (Å²) in [5.74, 6) is 0.0262. The van der Waals surface area contributed by atoms with Crippen LogP contribution in [0.25, 0.3) is 0 Å². The molecule has 1 aliphatic heterocycles. The third kappa shape index (κ3) is 3.08. The Balaban J connectivity index is 1.88. The number of amides is 2. The number of nitrogens with one attached hydrogen (secondary N) is 1. The van der Waals surface area contributed by atoms with Crippen LogP contribution in [0.2, 0.25) is 5.02 Å². The molecule has 1 atom stereocenters. The molecule has 3 rings (SSSR count). The van der Waals surface area contributed by atoms with Gasteiger partial charge in [-0.2, -0.15) is 0 Å². The van der Waals surface area contributed by atoms with E-state index in [-0.39, 0.29) is 18.4 Å². The molecule has 24 heavy (non-hydrogen) atoms. The zero-order valence-electron chi connectivity index (χ0n) is 13.4. The zero-order chi connectivity index (χ0) is 17.3. The van der Waals surface area contributed by atoms with Gasteiger partial charge in [0, 0.05) is 0 Å². The first-order chi connectivity index (χ1) is 11.5. The maximum atomic E-state index is 12.6. The minimum Gasteiger partial charge on any atom is -0.482 e. The highest BCUT2D eigenvalue weighted by Gasteiger charge is 2.33. The molecular formula is C18H17ClN2O3. The van der Waals surface area contributed by atoms with E-state index in [0.29, 0.717) is 22.1 Å². The van der Waals surface area contributed by atoms with Crippen molar-refractivity contribution in [3.05, 3.63) is 53.1 Å². The number of halogens is 1. The first-order valence-electron chi connectivity index (χ1n) is 7.58. The molecule has 1 heterocycles. The minimum atomic E-state index is -0.696. The third-order valence-corrected chi connectivity index (χ3v) is 4.22. The van der Waals surface area contributed by atoms with Crippen LogP contribution in [-0.2, 0) is 9.59 Å². The number of hydrogen-bond donors (Lipinski definition) is 1. The monoisotopic (exact) mass is 344 g/mol. The zero-order valence-corrected chi connectivity index (χ0v) is 14.1. The van der Waals surface area contributed by atoms with Crippen LogP contribution in [0.3, 0.4) is 0 Å². The van der Waals surface area contributed by atoms with E-state index in [0.717, 1.165) is 5.56 Å². The van der Waals surface area contributed by atoms with E-state index in [1.165, 1.54) is 4.90 Å². The molecule has 0 radical (unpaired) electrons. The van der Waals surface area contributed by atoms with E-state index in [1.54, 1.807) is 31.2 Å². The second-order valence-electron chi connectivity index (χ2n) is 5.67. The fourth-order valence-electron chi connectivity index (χ4n) is 2.62. The van der Waals surface area contributed by atoms with Crippen molar-refractivity contribution in [2.45, 2.75) is 19.9 Å². The lowest BCUT2D eigenvalue weighted by molar-refractivity contribution is -0.125. The number of aryl methyl sites for hydroxylation is 1. The number of carbonyl (C=O) groups excluding carboxylic acids is 2. The Morgan fingerprint density at radius 1 is 1.29 bits per heavy atom. The van der Waals surface area contributed by atoms with Crippen LogP contribution in [0.5, 0.6) is 5.75 Å². The molecule has 1 N–H and O–H groups in total. The summed E-state index contributed by atoms with van der Waals surface area (Å²) in [6.07, 6.45) is 0. The van der Waals surface area contributed by atoms with Crippen molar-refractivity contribution in [3.8, 4) is 5.75 Å². The number of para-hydroxylation sites is 1. The number of rotatable bonds is 3. The van der Waals surface area contributed by atoms with E-state index >= 15 is 0 Å². The quantitative estimate of drug-likeness (QED) is 0.928. The molecule has 2 aromatic rings. The van der Waals surface area contributed by atoms with Gasteiger partial charge in [0.25, 0.3) is 5.91 Å². The molecule has 1 aliphatic rings. The van der Waals surface area contributed by atoms with Crippen LogP contribution in [0.4, 0.5) is 11.4 Å². The Hall–Kier alpha value is -2.53. The van der Waals surface area contributed by atoms with Crippen LogP contribution < -0.4 is 15.0 Å². The van der Waals surface area contributed by atoms with Gasteiger partial charge in [0.15, 0.2) is 6.61 Å². The number of anilines is 2.